The number of carbonyl (C=O) groups is 2. The fourth-order valence-corrected chi connectivity index (χ4v) is 6.35. The number of likely N-dealkylation sites (tertiary alicyclic amines) is 2. The molecule has 0 radical (unpaired) electrons. The third-order valence-electron chi connectivity index (χ3n) is 7.45. The Labute approximate surface area is 229 Å². The van der Waals surface area contributed by atoms with Crippen LogP contribution < -0.4 is 10.1 Å². The highest BCUT2D eigenvalue weighted by molar-refractivity contribution is 7.09. The summed E-state index contributed by atoms with van der Waals surface area (Å²) < 4.78 is 5.99. The van der Waals surface area contributed by atoms with Crippen molar-refractivity contribution in [2.75, 3.05) is 32.7 Å². The average Bonchev–Trinajstić information content (AvgIpc) is 3.39. The molecule has 0 spiro atoms. The molecule has 3 heterocycles. The van der Waals surface area contributed by atoms with Crippen LogP contribution in [0.25, 0.3) is 0 Å². The molecule has 202 valence electrons. The number of ether oxygens (including phenoxy) is 1. The minimum absolute atomic E-state index is 0.0518. The van der Waals surface area contributed by atoms with E-state index in [2.05, 4.69) is 22.1 Å². The molecule has 0 saturated carbocycles. The number of benzene rings is 1. The van der Waals surface area contributed by atoms with Crippen molar-refractivity contribution in [3.8, 4) is 5.75 Å². The molecule has 1 unspecified atom stereocenters. The summed E-state index contributed by atoms with van der Waals surface area (Å²) in [5.41, 5.74) is -0.518. The molecular weight excluding hydrogens is 508 g/mol. The lowest BCUT2D eigenvalue weighted by molar-refractivity contribution is -0.146. The van der Waals surface area contributed by atoms with Gasteiger partial charge in [0.1, 0.15) is 11.4 Å². The first-order chi connectivity index (χ1) is 17.7. The number of aromatic nitrogens is 1. The maximum Gasteiger partial charge on any atom is 0.270 e. The van der Waals surface area contributed by atoms with Crippen molar-refractivity contribution in [3.63, 3.8) is 0 Å². The Kier molecular flexibility index (Phi) is 9.48. The second kappa shape index (κ2) is 12.6. The van der Waals surface area contributed by atoms with E-state index in [1.807, 2.05) is 22.4 Å². The monoisotopic (exact) mass is 546 g/mol. The molecule has 1 aromatic heterocycles. The minimum Gasteiger partial charge on any atom is -0.476 e. The highest BCUT2D eigenvalue weighted by Crippen LogP contribution is 2.33. The summed E-state index contributed by atoms with van der Waals surface area (Å²) in [4.78, 5) is 34.9. The summed E-state index contributed by atoms with van der Waals surface area (Å²) in [5, 5.41) is 6.36. The maximum absolute atomic E-state index is 13.2. The summed E-state index contributed by atoms with van der Waals surface area (Å²) in [6.45, 7) is 9.99. The van der Waals surface area contributed by atoms with Crippen LogP contribution in [0, 0.1) is 0 Å². The van der Waals surface area contributed by atoms with Gasteiger partial charge < -0.3 is 19.9 Å². The number of amides is 2. The van der Waals surface area contributed by atoms with Gasteiger partial charge >= 0.3 is 0 Å². The number of piperidine rings is 2. The van der Waals surface area contributed by atoms with E-state index < -0.39 is 5.60 Å². The molecule has 0 bridgehead atoms. The van der Waals surface area contributed by atoms with Crippen LogP contribution >= 0.6 is 22.9 Å². The van der Waals surface area contributed by atoms with Crippen LogP contribution in [0.4, 0.5) is 0 Å². The fourth-order valence-electron chi connectivity index (χ4n) is 5.20. The summed E-state index contributed by atoms with van der Waals surface area (Å²) in [7, 11) is 0. The van der Waals surface area contributed by atoms with Crippen LogP contribution in [0.1, 0.15) is 80.7 Å². The topological polar surface area (TPSA) is 74.8 Å². The maximum atomic E-state index is 13.2. The van der Waals surface area contributed by atoms with Crippen LogP contribution in [0.2, 0.25) is 5.02 Å². The van der Waals surface area contributed by atoms with Gasteiger partial charge in [-0.1, -0.05) is 30.2 Å². The van der Waals surface area contributed by atoms with Gasteiger partial charge in [0.25, 0.3) is 11.8 Å². The number of thiazole rings is 1. The molecule has 1 N–H and O–H groups in total. The standard InChI is InChI=1S/C28H39ClN4O3S/c1-20-9-6-7-15-32(20)16-8-14-30-25(34)23-19-37-26(31-23)21-12-17-33(18-13-21)27(35)28(2,3)36-24-11-5-4-10-22(24)29/h4-5,10-11,19-21H,6-9,12-18H2,1-3H3,(H,30,34). The molecule has 9 heteroatoms. The molecule has 0 aliphatic carbocycles. The van der Waals surface area contributed by atoms with Gasteiger partial charge in [-0.2, -0.15) is 0 Å². The van der Waals surface area contributed by atoms with Crippen molar-refractivity contribution < 1.29 is 14.3 Å². The van der Waals surface area contributed by atoms with Gasteiger partial charge in [-0.05, 0) is 71.6 Å². The van der Waals surface area contributed by atoms with Crippen LogP contribution in [0.3, 0.4) is 0 Å². The normalized spacial score (nSPS) is 19.6. The van der Waals surface area contributed by atoms with Gasteiger partial charge in [-0.15, -0.1) is 11.3 Å². The van der Waals surface area contributed by atoms with Gasteiger partial charge in [-0.25, -0.2) is 4.98 Å². The quantitative estimate of drug-likeness (QED) is 0.429. The molecule has 2 aliphatic rings. The van der Waals surface area contributed by atoms with Crippen LogP contribution in [0.15, 0.2) is 29.6 Å². The van der Waals surface area contributed by atoms with E-state index in [1.165, 1.54) is 25.8 Å². The largest absolute Gasteiger partial charge is 0.476 e. The van der Waals surface area contributed by atoms with Crippen molar-refractivity contribution >= 4 is 34.8 Å². The van der Waals surface area contributed by atoms with Crippen molar-refractivity contribution in [3.05, 3.63) is 45.4 Å². The highest BCUT2D eigenvalue weighted by Gasteiger charge is 2.37. The summed E-state index contributed by atoms with van der Waals surface area (Å²) in [6, 6.07) is 7.84. The second-order valence-corrected chi connectivity index (χ2v) is 12.0. The smallest absolute Gasteiger partial charge is 0.270 e. The zero-order valence-corrected chi connectivity index (χ0v) is 23.7. The molecule has 1 atom stereocenters. The van der Waals surface area contributed by atoms with E-state index in [0.717, 1.165) is 30.8 Å². The summed E-state index contributed by atoms with van der Waals surface area (Å²) >= 11 is 7.76. The number of para-hydroxylation sites is 1. The van der Waals surface area contributed by atoms with Crippen molar-refractivity contribution in [2.24, 2.45) is 0 Å². The predicted octanol–water partition coefficient (Wildman–Crippen LogP) is 5.35. The van der Waals surface area contributed by atoms with Crippen molar-refractivity contribution in [1.29, 1.82) is 0 Å². The number of hydrogen-bond acceptors (Lipinski definition) is 6. The molecular formula is C28H39ClN4O3S. The van der Waals surface area contributed by atoms with Crippen LogP contribution in [-0.2, 0) is 4.79 Å². The molecule has 37 heavy (non-hydrogen) atoms. The van der Waals surface area contributed by atoms with Gasteiger partial charge in [0, 0.05) is 43.5 Å². The summed E-state index contributed by atoms with van der Waals surface area (Å²) in [5.74, 6) is 0.611. The molecule has 2 amide bonds. The van der Waals surface area contributed by atoms with Crippen molar-refractivity contribution in [1.82, 2.24) is 20.1 Å². The first-order valence-electron chi connectivity index (χ1n) is 13.4. The zero-order chi connectivity index (χ0) is 26.4. The number of nitrogens with one attached hydrogen (secondary N) is 1. The average molecular weight is 547 g/mol. The lowest BCUT2D eigenvalue weighted by Gasteiger charge is -2.36. The molecule has 1 aromatic carbocycles. The van der Waals surface area contributed by atoms with Gasteiger partial charge in [0.15, 0.2) is 5.60 Å². The Morgan fingerprint density at radius 1 is 1.16 bits per heavy atom. The Morgan fingerprint density at radius 3 is 2.65 bits per heavy atom. The molecule has 2 aliphatic heterocycles. The van der Waals surface area contributed by atoms with E-state index >= 15 is 0 Å². The van der Waals surface area contributed by atoms with Crippen molar-refractivity contribution in [2.45, 2.75) is 76.9 Å². The first kappa shape index (κ1) is 27.9. The van der Waals surface area contributed by atoms with Gasteiger partial charge in [0.05, 0.1) is 10.0 Å². The predicted molar refractivity (Wildman–Crippen MR) is 149 cm³/mol. The van der Waals surface area contributed by atoms with E-state index in [4.69, 9.17) is 16.3 Å². The fraction of sp³-hybridized carbons (Fsp3) is 0.607. The third kappa shape index (κ3) is 7.24. The van der Waals surface area contributed by atoms with Gasteiger partial charge in [0.2, 0.25) is 0 Å². The molecule has 4 rings (SSSR count). The molecule has 2 fully saturated rings. The molecule has 2 aromatic rings. The minimum atomic E-state index is -1.02. The number of nitrogens with zero attached hydrogens (tertiary/aromatic N) is 3. The Bertz CT molecular complexity index is 1070. The molecule has 7 nitrogen and oxygen atoms in total. The molecule has 2 saturated heterocycles. The Balaban J connectivity index is 1.22. The lowest BCUT2D eigenvalue weighted by atomic mass is 9.96. The number of rotatable bonds is 9. The highest BCUT2D eigenvalue weighted by atomic mass is 35.5. The van der Waals surface area contributed by atoms with E-state index in [-0.39, 0.29) is 17.7 Å². The Hall–Kier alpha value is -2.16. The van der Waals surface area contributed by atoms with Crippen LogP contribution in [0.5, 0.6) is 5.75 Å². The second-order valence-electron chi connectivity index (χ2n) is 10.7. The van der Waals surface area contributed by atoms with Gasteiger partial charge in [-0.3, -0.25) is 9.59 Å². The SMILES string of the molecule is CC1CCCCN1CCCNC(=O)c1csc(C2CCN(C(=O)C(C)(C)Oc3ccccc3Cl)CC2)n1. The zero-order valence-electron chi connectivity index (χ0n) is 22.2. The Morgan fingerprint density at radius 2 is 1.92 bits per heavy atom. The van der Waals surface area contributed by atoms with E-state index in [1.54, 1.807) is 37.3 Å². The number of hydrogen-bond donors (Lipinski definition) is 1. The number of halogens is 1. The van der Waals surface area contributed by atoms with E-state index in [0.29, 0.717) is 42.1 Å². The number of carbonyl (C=O) groups excluding carboxylic acids is 2. The van der Waals surface area contributed by atoms with E-state index in [9.17, 15) is 9.59 Å². The lowest BCUT2D eigenvalue weighted by Crippen LogP contribution is -2.51. The summed E-state index contributed by atoms with van der Waals surface area (Å²) in [6.07, 6.45) is 6.46. The van der Waals surface area contributed by atoms with Crippen LogP contribution in [-0.4, -0.2) is 71.0 Å². The third-order valence-corrected chi connectivity index (χ3v) is 8.77. The first-order valence-corrected chi connectivity index (χ1v) is 14.7.